The standard InChI is InChI=1S/C34H45F2N3O6/c1-21(2)10-8-6-7-9-11-28(40)44-20-45-31-29-33(43)38-19-34(5,22(3)12-13-23(38)4)39(29)18-26(30(31)41)32(42)37-17-24-14-15-25(35)16-27(24)36/h14-16,18,21-23H,6-13,17,19-20H2,1-5H3,(H,37,42). The maximum Gasteiger partial charge on any atom is 0.308 e. The van der Waals surface area contributed by atoms with Crippen molar-refractivity contribution in [2.75, 3.05) is 13.3 Å². The van der Waals surface area contributed by atoms with E-state index in [1.54, 1.807) is 9.47 Å². The first-order valence-corrected chi connectivity index (χ1v) is 15.9. The van der Waals surface area contributed by atoms with E-state index < -0.39 is 47.2 Å². The minimum atomic E-state index is -0.850. The minimum absolute atomic E-state index is 0.00307. The highest BCUT2D eigenvalue weighted by Crippen LogP contribution is 2.41. The van der Waals surface area contributed by atoms with Crippen LogP contribution < -0.4 is 15.5 Å². The Labute approximate surface area is 263 Å². The molecule has 2 aliphatic rings. The number of pyridine rings is 1. The summed E-state index contributed by atoms with van der Waals surface area (Å²) in [5, 5.41) is 2.53. The van der Waals surface area contributed by atoms with E-state index in [2.05, 4.69) is 26.1 Å². The minimum Gasteiger partial charge on any atom is -0.451 e. The molecule has 2 aromatic rings. The lowest BCUT2D eigenvalue weighted by atomic mass is 9.82. The number of aromatic nitrogens is 1. The van der Waals surface area contributed by atoms with Crippen LogP contribution in [-0.2, 0) is 21.6 Å². The molecule has 3 unspecified atom stereocenters. The Morgan fingerprint density at radius 2 is 1.82 bits per heavy atom. The first-order valence-electron chi connectivity index (χ1n) is 15.9. The molecular weight excluding hydrogens is 584 g/mol. The van der Waals surface area contributed by atoms with Gasteiger partial charge < -0.3 is 24.3 Å². The number of rotatable bonds is 13. The molecule has 1 N–H and O–H groups in total. The molecule has 1 aromatic carbocycles. The fraction of sp³-hybridized carbons (Fsp3) is 0.588. The highest BCUT2D eigenvalue weighted by Gasteiger charge is 2.48. The fourth-order valence-corrected chi connectivity index (χ4v) is 6.16. The Morgan fingerprint density at radius 3 is 2.53 bits per heavy atom. The molecule has 2 aliphatic heterocycles. The molecule has 246 valence electrons. The van der Waals surface area contributed by atoms with Gasteiger partial charge in [0.05, 0.1) is 5.54 Å². The van der Waals surface area contributed by atoms with Gasteiger partial charge in [-0.25, -0.2) is 8.78 Å². The van der Waals surface area contributed by atoms with Gasteiger partial charge in [-0.2, -0.15) is 0 Å². The molecule has 0 aliphatic carbocycles. The summed E-state index contributed by atoms with van der Waals surface area (Å²) in [6.07, 6.45) is 7.99. The third kappa shape index (κ3) is 7.73. The second-order valence-corrected chi connectivity index (χ2v) is 13.1. The zero-order valence-corrected chi connectivity index (χ0v) is 26.9. The molecule has 3 atom stereocenters. The lowest BCUT2D eigenvalue weighted by Gasteiger charge is -2.46. The number of halogens is 2. The van der Waals surface area contributed by atoms with E-state index >= 15 is 0 Å². The first kappa shape index (κ1) is 34.1. The molecule has 3 heterocycles. The highest BCUT2D eigenvalue weighted by atomic mass is 19.1. The monoisotopic (exact) mass is 629 g/mol. The normalized spacial score (nSPS) is 20.9. The van der Waals surface area contributed by atoms with Crippen molar-refractivity contribution < 1.29 is 32.6 Å². The number of hydrogen-bond acceptors (Lipinski definition) is 6. The molecule has 11 heteroatoms. The number of amides is 2. The number of nitrogens with zero attached hydrogens (tertiary/aromatic N) is 2. The number of esters is 1. The third-order valence-corrected chi connectivity index (χ3v) is 9.32. The van der Waals surface area contributed by atoms with Gasteiger partial charge in [0.15, 0.2) is 5.69 Å². The van der Waals surface area contributed by atoms with Gasteiger partial charge in [0, 0.05) is 43.4 Å². The van der Waals surface area contributed by atoms with Gasteiger partial charge in [0.1, 0.15) is 17.2 Å². The smallest absolute Gasteiger partial charge is 0.308 e. The van der Waals surface area contributed by atoms with Gasteiger partial charge in [-0.15, -0.1) is 0 Å². The number of carbonyl (C=O) groups is 3. The second kappa shape index (κ2) is 14.6. The third-order valence-electron chi connectivity index (χ3n) is 9.32. The summed E-state index contributed by atoms with van der Waals surface area (Å²) in [6.45, 7) is 9.84. The molecule has 4 rings (SSSR count). The Bertz CT molecular complexity index is 1470. The maximum atomic E-state index is 14.2. The largest absolute Gasteiger partial charge is 0.451 e. The van der Waals surface area contributed by atoms with Crippen molar-refractivity contribution in [3.8, 4) is 5.75 Å². The van der Waals surface area contributed by atoms with Crippen molar-refractivity contribution in [3.05, 3.63) is 63.1 Å². The molecule has 1 fully saturated rings. The number of unbranched alkanes of at least 4 members (excludes halogenated alkanes) is 3. The van der Waals surface area contributed by atoms with Crippen LogP contribution in [0.25, 0.3) is 0 Å². The van der Waals surface area contributed by atoms with Crippen LogP contribution in [0, 0.1) is 23.5 Å². The van der Waals surface area contributed by atoms with Gasteiger partial charge in [-0.3, -0.25) is 19.2 Å². The number of benzene rings is 1. The maximum absolute atomic E-state index is 14.2. The quantitative estimate of drug-likeness (QED) is 0.168. The zero-order chi connectivity index (χ0) is 32.9. The van der Waals surface area contributed by atoms with E-state index in [1.807, 2.05) is 13.8 Å². The summed E-state index contributed by atoms with van der Waals surface area (Å²) in [4.78, 5) is 55.1. The molecule has 0 radical (unpaired) electrons. The molecule has 1 aromatic heterocycles. The molecule has 9 nitrogen and oxygen atoms in total. The summed E-state index contributed by atoms with van der Waals surface area (Å²) < 4.78 is 40.3. The van der Waals surface area contributed by atoms with Gasteiger partial charge in [0.25, 0.3) is 11.8 Å². The Morgan fingerprint density at radius 1 is 1.09 bits per heavy atom. The van der Waals surface area contributed by atoms with Crippen molar-refractivity contribution in [1.29, 1.82) is 0 Å². The molecule has 2 amide bonds. The molecule has 0 spiro atoms. The topological polar surface area (TPSA) is 107 Å². The summed E-state index contributed by atoms with van der Waals surface area (Å²) in [6, 6.07) is 2.92. The van der Waals surface area contributed by atoms with Crippen LogP contribution in [-0.4, -0.2) is 46.6 Å². The SMILES string of the molecule is CC(C)CCCCCCC(=O)OCOc1c2n(cc(C(=O)NCc3ccc(F)cc3F)c1=O)C1(C)CN(C2=O)C(C)CCC1C. The summed E-state index contributed by atoms with van der Waals surface area (Å²) in [5.41, 5.74) is -1.80. The summed E-state index contributed by atoms with van der Waals surface area (Å²) >= 11 is 0. The summed E-state index contributed by atoms with van der Waals surface area (Å²) in [5.74, 6) is -2.96. The van der Waals surface area contributed by atoms with E-state index in [1.165, 1.54) is 12.3 Å². The van der Waals surface area contributed by atoms with Gasteiger partial charge in [-0.1, -0.05) is 52.5 Å². The molecule has 1 saturated heterocycles. The van der Waals surface area contributed by atoms with E-state index in [0.717, 1.165) is 44.6 Å². The van der Waals surface area contributed by atoms with Crippen molar-refractivity contribution in [2.24, 2.45) is 11.8 Å². The van der Waals surface area contributed by atoms with E-state index in [4.69, 9.17) is 9.47 Å². The van der Waals surface area contributed by atoms with Crippen molar-refractivity contribution in [1.82, 2.24) is 14.8 Å². The number of hydrogen-bond donors (Lipinski definition) is 1. The van der Waals surface area contributed by atoms with Crippen molar-refractivity contribution in [2.45, 2.75) is 104 Å². The summed E-state index contributed by atoms with van der Waals surface area (Å²) in [7, 11) is 0. The van der Waals surface area contributed by atoms with Crippen molar-refractivity contribution in [3.63, 3.8) is 0 Å². The van der Waals surface area contributed by atoms with E-state index in [-0.39, 0.29) is 47.5 Å². The predicted octanol–water partition coefficient (Wildman–Crippen LogP) is 5.92. The molecular formula is C34H45F2N3O6. The molecule has 45 heavy (non-hydrogen) atoms. The zero-order valence-electron chi connectivity index (χ0n) is 26.9. The van der Waals surface area contributed by atoms with Crippen LogP contribution in [0.15, 0.2) is 29.2 Å². The van der Waals surface area contributed by atoms with Gasteiger partial charge >= 0.3 is 5.97 Å². The van der Waals surface area contributed by atoms with E-state index in [0.29, 0.717) is 24.9 Å². The van der Waals surface area contributed by atoms with Crippen LogP contribution >= 0.6 is 0 Å². The Hall–Kier alpha value is -3.76. The Kier molecular flexibility index (Phi) is 11.0. The molecule has 0 saturated carbocycles. The number of fused-ring (bicyclic) bond motifs is 4. The van der Waals surface area contributed by atoms with Crippen molar-refractivity contribution >= 4 is 17.8 Å². The predicted molar refractivity (Wildman–Crippen MR) is 165 cm³/mol. The van der Waals surface area contributed by atoms with Gasteiger partial charge in [-0.05, 0) is 51.0 Å². The average molecular weight is 630 g/mol. The lowest BCUT2D eigenvalue weighted by molar-refractivity contribution is -0.150. The number of nitrogens with one attached hydrogen (secondary N) is 1. The molecule has 2 bridgehead atoms. The van der Waals surface area contributed by atoms with Crippen LogP contribution in [0.1, 0.15) is 112 Å². The van der Waals surface area contributed by atoms with Crippen LogP contribution in [0.4, 0.5) is 8.78 Å². The second-order valence-electron chi connectivity index (χ2n) is 13.1. The Balaban J connectivity index is 1.59. The highest BCUT2D eigenvalue weighted by molar-refractivity contribution is 5.99. The van der Waals surface area contributed by atoms with Crippen LogP contribution in [0.3, 0.4) is 0 Å². The average Bonchev–Trinajstić information content (AvgIpc) is 3.08. The van der Waals surface area contributed by atoms with Crippen LogP contribution in [0.2, 0.25) is 0 Å². The van der Waals surface area contributed by atoms with Crippen LogP contribution in [0.5, 0.6) is 5.75 Å². The number of carbonyl (C=O) groups excluding carboxylic acids is 3. The van der Waals surface area contributed by atoms with Gasteiger partial charge in [0.2, 0.25) is 18.0 Å². The number of ether oxygens (including phenoxy) is 2. The lowest BCUT2D eigenvalue weighted by Crippen LogP contribution is -2.56. The van der Waals surface area contributed by atoms with E-state index in [9.17, 15) is 28.0 Å². The fourth-order valence-electron chi connectivity index (χ4n) is 6.16. The first-order chi connectivity index (χ1) is 21.3.